The molecule has 19 heavy (non-hydrogen) atoms. The molecule has 0 radical (unpaired) electrons. The first-order valence-corrected chi connectivity index (χ1v) is 9.14. The Kier molecular flexibility index (Phi) is 3.60. The van der Waals surface area contributed by atoms with E-state index < -0.39 is 0 Å². The number of fused-ring (bicyclic) bond motifs is 1. The number of rotatable bonds is 2. The third-order valence-corrected chi connectivity index (χ3v) is 4.86. The molecular formula is C13H8ClIN2OS. The van der Waals surface area contributed by atoms with Gasteiger partial charge in [-0.3, -0.25) is 3.97 Å². The van der Waals surface area contributed by atoms with Gasteiger partial charge < -0.3 is 5.11 Å². The van der Waals surface area contributed by atoms with E-state index in [0.29, 0.717) is 5.02 Å². The number of phenolic OH excluding ortho intramolecular Hbond substituents is 1. The molecule has 2 aromatic heterocycles. The average Bonchev–Trinajstić information content (AvgIpc) is 2.79. The minimum atomic E-state index is 0.254. The number of halogens is 2. The Labute approximate surface area is 131 Å². The highest BCUT2D eigenvalue weighted by molar-refractivity contribution is 14.2. The van der Waals surface area contributed by atoms with Crippen molar-refractivity contribution in [2.75, 3.05) is 0 Å². The van der Waals surface area contributed by atoms with Crippen LogP contribution in [0.5, 0.6) is 5.75 Å². The van der Waals surface area contributed by atoms with Gasteiger partial charge in [-0.2, -0.15) is 0 Å². The summed E-state index contributed by atoms with van der Waals surface area (Å²) in [6.07, 6.45) is 1.70. The minimum absolute atomic E-state index is 0.254. The monoisotopic (exact) mass is 402 g/mol. The van der Waals surface area contributed by atoms with Gasteiger partial charge in [0.1, 0.15) is 5.75 Å². The van der Waals surface area contributed by atoms with Crippen molar-refractivity contribution >= 4 is 53.0 Å². The van der Waals surface area contributed by atoms with Gasteiger partial charge >= 0.3 is 0 Å². The summed E-state index contributed by atoms with van der Waals surface area (Å²) in [7, 11) is 1.54. The van der Waals surface area contributed by atoms with E-state index in [0.717, 1.165) is 22.3 Å². The van der Waals surface area contributed by atoms with Crippen LogP contribution in [-0.2, 0) is 0 Å². The van der Waals surface area contributed by atoms with E-state index in [-0.39, 0.29) is 5.75 Å². The summed E-state index contributed by atoms with van der Waals surface area (Å²) in [6, 6.07) is 10.9. The standard InChI is InChI=1S/C13H8ClIN2OS/c14-11-5-6-16-13-10(11)7-12(17(13)19-15)8-1-3-9(18)4-2-8/h1-7,18H. The van der Waals surface area contributed by atoms with Crippen LogP contribution in [0, 0.1) is 0 Å². The van der Waals surface area contributed by atoms with Gasteiger partial charge in [0.25, 0.3) is 0 Å². The van der Waals surface area contributed by atoms with Gasteiger partial charge in [0, 0.05) is 41.9 Å². The summed E-state index contributed by atoms with van der Waals surface area (Å²) < 4.78 is 2.02. The van der Waals surface area contributed by atoms with Crippen LogP contribution in [0.3, 0.4) is 0 Å². The van der Waals surface area contributed by atoms with Crippen molar-refractivity contribution < 1.29 is 5.11 Å². The third kappa shape index (κ3) is 2.30. The van der Waals surface area contributed by atoms with Crippen molar-refractivity contribution in [1.29, 1.82) is 0 Å². The maximum atomic E-state index is 9.37. The molecule has 0 aliphatic carbocycles. The van der Waals surface area contributed by atoms with Crippen LogP contribution in [0.15, 0.2) is 42.6 Å². The van der Waals surface area contributed by atoms with E-state index in [1.807, 2.05) is 22.2 Å². The Balaban J connectivity index is 2.29. The Morgan fingerprint density at radius 2 is 1.95 bits per heavy atom. The summed E-state index contributed by atoms with van der Waals surface area (Å²) in [5.74, 6) is 0.254. The Bertz CT molecular complexity index is 742. The van der Waals surface area contributed by atoms with Crippen LogP contribution in [0.2, 0.25) is 5.02 Å². The van der Waals surface area contributed by atoms with Gasteiger partial charge in [-0.05, 0) is 42.0 Å². The molecule has 6 heteroatoms. The van der Waals surface area contributed by atoms with Crippen molar-refractivity contribution in [2.24, 2.45) is 0 Å². The molecule has 1 aromatic carbocycles. The maximum Gasteiger partial charge on any atom is 0.152 e. The van der Waals surface area contributed by atoms with Crippen molar-refractivity contribution in [1.82, 2.24) is 8.96 Å². The average molecular weight is 403 g/mol. The van der Waals surface area contributed by atoms with E-state index in [2.05, 4.69) is 26.2 Å². The van der Waals surface area contributed by atoms with Gasteiger partial charge in [-0.1, -0.05) is 11.6 Å². The van der Waals surface area contributed by atoms with Gasteiger partial charge in [-0.25, -0.2) is 4.98 Å². The fourth-order valence-electron chi connectivity index (χ4n) is 1.95. The van der Waals surface area contributed by atoms with Gasteiger partial charge in [0.15, 0.2) is 5.65 Å². The number of aromatic hydroxyl groups is 1. The smallest absolute Gasteiger partial charge is 0.152 e. The summed E-state index contributed by atoms with van der Waals surface area (Å²) in [5.41, 5.74) is 2.86. The maximum absolute atomic E-state index is 9.37. The molecule has 0 aliphatic heterocycles. The lowest BCUT2D eigenvalue weighted by molar-refractivity contribution is 0.475. The molecule has 3 aromatic rings. The molecule has 0 saturated heterocycles. The predicted octanol–water partition coefficient (Wildman–Crippen LogP) is 4.91. The zero-order valence-corrected chi connectivity index (χ0v) is 13.3. The molecule has 0 fully saturated rings. The van der Waals surface area contributed by atoms with Crippen LogP contribution >= 0.6 is 41.9 Å². The predicted molar refractivity (Wildman–Crippen MR) is 88.9 cm³/mol. The zero-order valence-electron chi connectivity index (χ0n) is 9.55. The van der Waals surface area contributed by atoms with Crippen molar-refractivity contribution in [3.05, 3.63) is 47.6 Å². The molecule has 0 spiro atoms. The van der Waals surface area contributed by atoms with E-state index in [4.69, 9.17) is 11.6 Å². The Morgan fingerprint density at radius 3 is 2.63 bits per heavy atom. The third-order valence-electron chi connectivity index (χ3n) is 2.84. The quantitative estimate of drug-likeness (QED) is 0.619. The highest BCUT2D eigenvalue weighted by Crippen LogP contribution is 2.36. The number of benzene rings is 1. The molecule has 96 valence electrons. The molecule has 0 amide bonds. The number of nitrogens with zero attached hydrogens (tertiary/aromatic N) is 2. The van der Waals surface area contributed by atoms with E-state index in [1.54, 1.807) is 33.5 Å². The number of aromatic nitrogens is 2. The molecule has 0 unspecified atom stereocenters. The molecular weight excluding hydrogens is 395 g/mol. The number of hydrogen-bond donors (Lipinski definition) is 1. The molecule has 3 rings (SSSR count). The summed E-state index contributed by atoms with van der Waals surface area (Å²) in [6.45, 7) is 0. The first-order chi connectivity index (χ1) is 9.20. The zero-order chi connectivity index (χ0) is 13.4. The fourth-order valence-corrected chi connectivity index (χ4v) is 3.78. The Hall–Kier alpha value is -0.920. The first-order valence-electron chi connectivity index (χ1n) is 5.45. The lowest BCUT2D eigenvalue weighted by Crippen LogP contribution is -1.88. The van der Waals surface area contributed by atoms with E-state index in [9.17, 15) is 5.11 Å². The topological polar surface area (TPSA) is 38.1 Å². The second-order valence-corrected chi connectivity index (χ2v) is 6.06. The highest BCUT2D eigenvalue weighted by Gasteiger charge is 2.13. The van der Waals surface area contributed by atoms with Crippen molar-refractivity contribution in [3.63, 3.8) is 0 Å². The molecule has 1 N–H and O–H groups in total. The van der Waals surface area contributed by atoms with Crippen molar-refractivity contribution in [2.45, 2.75) is 0 Å². The fraction of sp³-hybridized carbons (Fsp3) is 0. The van der Waals surface area contributed by atoms with Crippen molar-refractivity contribution in [3.8, 4) is 17.0 Å². The summed E-state index contributed by atoms with van der Waals surface area (Å²) >= 11 is 8.42. The number of hydrogen-bond acceptors (Lipinski definition) is 3. The lowest BCUT2D eigenvalue weighted by atomic mass is 10.1. The van der Waals surface area contributed by atoms with E-state index in [1.165, 1.54) is 0 Å². The van der Waals surface area contributed by atoms with Crippen LogP contribution < -0.4 is 0 Å². The minimum Gasteiger partial charge on any atom is -0.508 e. The lowest BCUT2D eigenvalue weighted by Gasteiger charge is -2.05. The first kappa shape index (κ1) is 13.1. The summed E-state index contributed by atoms with van der Waals surface area (Å²) in [5, 5.41) is 11.0. The van der Waals surface area contributed by atoms with Gasteiger partial charge in [-0.15, -0.1) is 0 Å². The summed E-state index contributed by atoms with van der Waals surface area (Å²) in [4.78, 5) is 4.38. The van der Waals surface area contributed by atoms with Gasteiger partial charge in [0.2, 0.25) is 0 Å². The normalized spacial score (nSPS) is 11.1. The molecule has 0 atom stereocenters. The van der Waals surface area contributed by atoms with E-state index >= 15 is 0 Å². The Morgan fingerprint density at radius 1 is 1.21 bits per heavy atom. The highest BCUT2D eigenvalue weighted by atomic mass is 127. The number of phenols is 1. The molecule has 0 bridgehead atoms. The SMILES string of the molecule is Oc1ccc(-c2cc3c(Cl)ccnc3n2SI)cc1. The van der Waals surface area contributed by atoms with Gasteiger partial charge in [0.05, 0.1) is 10.7 Å². The molecule has 0 saturated carbocycles. The second-order valence-electron chi connectivity index (χ2n) is 3.97. The van der Waals surface area contributed by atoms with Crippen LogP contribution in [0.4, 0.5) is 0 Å². The molecule has 0 aliphatic rings. The molecule has 2 heterocycles. The molecule has 3 nitrogen and oxygen atoms in total. The number of pyridine rings is 1. The second kappa shape index (κ2) is 5.22. The largest absolute Gasteiger partial charge is 0.508 e. The van der Waals surface area contributed by atoms with Crippen LogP contribution in [0.1, 0.15) is 0 Å². The van der Waals surface area contributed by atoms with Crippen LogP contribution in [-0.4, -0.2) is 14.1 Å². The van der Waals surface area contributed by atoms with Crippen LogP contribution in [0.25, 0.3) is 22.3 Å².